The summed E-state index contributed by atoms with van der Waals surface area (Å²) in [6, 6.07) is 6.97. The summed E-state index contributed by atoms with van der Waals surface area (Å²) < 4.78 is 55.5. The molecule has 0 saturated carbocycles. The predicted octanol–water partition coefficient (Wildman–Crippen LogP) is 4.69. The average Bonchev–Trinajstić information content (AvgIpc) is 3.36. The molecular weight excluding hydrogens is 481 g/mol. The molecule has 0 amide bonds. The molecule has 37 heavy (non-hydrogen) atoms. The number of aromatic nitrogens is 2. The monoisotopic (exact) mass is 512 g/mol. The Kier molecular flexibility index (Phi) is 7.62. The van der Waals surface area contributed by atoms with E-state index in [1.54, 1.807) is 12.3 Å². The van der Waals surface area contributed by atoms with Crippen molar-refractivity contribution in [2.75, 3.05) is 31.2 Å². The molecule has 4 heterocycles. The highest BCUT2D eigenvalue weighted by Gasteiger charge is 2.25. The van der Waals surface area contributed by atoms with E-state index in [2.05, 4.69) is 21.8 Å². The van der Waals surface area contributed by atoms with Crippen LogP contribution in [0.15, 0.2) is 42.7 Å². The van der Waals surface area contributed by atoms with E-state index in [1.165, 1.54) is 6.07 Å². The van der Waals surface area contributed by atoms with Gasteiger partial charge in [0.25, 0.3) is 0 Å². The van der Waals surface area contributed by atoms with Crippen LogP contribution in [0.25, 0.3) is 11.3 Å². The van der Waals surface area contributed by atoms with Gasteiger partial charge in [-0.25, -0.2) is 18.2 Å². The second-order valence-electron chi connectivity index (χ2n) is 10.0. The lowest BCUT2D eigenvalue weighted by molar-refractivity contribution is 0.141. The van der Waals surface area contributed by atoms with Crippen LogP contribution in [0.3, 0.4) is 0 Å². The van der Waals surface area contributed by atoms with Gasteiger partial charge in [0, 0.05) is 61.5 Å². The first-order valence-corrected chi connectivity index (χ1v) is 12.7. The fourth-order valence-corrected chi connectivity index (χ4v) is 5.22. The molecule has 3 atom stereocenters. The Morgan fingerprint density at radius 3 is 2.62 bits per heavy atom. The molecule has 1 aromatic carbocycles. The first-order valence-electron chi connectivity index (χ1n) is 12.7. The molecule has 196 valence electrons. The molecule has 9 heteroatoms. The van der Waals surface area contributed by atoms with Crippen molar-refractivity contribution in [3.8, 4) is 17.0 Å². The Balaban J connectivity index is 1.35. The van der Waals surface area contributed by atoms with E-state index >= 15 is 0 Å². The number of hydrogen-bond donors (Lipinski definition) is 1. The molecule has 2 fully saturated rings. The van der Waals surface area contributed by atoms with Crippen LogP contribution in [-0.4, -0.2) is 48.4 Å². The number of aryl methyl sites for hydroxylation is 2. The Hall–Kier alpha value is -3.17. The zero-order valence-corrected chi connectivity index (χ0v) is 20.8. The third-order valence-electron chi connectivity index (χ3n) is 6.91. The van der Waals surface area contributed by atoms with Crippen LogP contribution in [0, 0.1) is 23.4 Å². The van der Waals surface area contributed by atoms with Gasteiger partial charge in [0.15, 0.2) is 0 Å². The molecule has 2 aliphatic rings. The summed E-state index contributed by atoms with van der Waals surface area (Å²) in [7, 11) is 0. The molecule has 0 radical (unpaired) electrons. The maximum atomic E-state index is 15.0. The van der Waals surface area contributed by atoms with Gasteiger partial charge in [-0.2, -0.15) is 0 Å². The molecule has 0 bridgehead atoms. The number of nitrogens with two attached hydrogens (primary N) is 1. The molecule has 5 rings (SSSR count). The Bertz CT molecular complexity index is 1220. The summed E-state index contributed by atoms with van der Waals surface area (Å²) in [6.07, 6.45) is 5.99. The normalized spacial score (nSPS) is 21.9. The molecule has 6 nitrogen and oxygen atoms in total. The molecule has 2 N–H and O–H groups in total. The summed E-state index contributed by atoms with van der Waals surface area (Å²) >= 11 is 0. The summed E-state index contributed by atoms with van der Waals surface area (Å²) in [5.41, 5.74) is 8.00. The van der Waals surface area contributed by atoms with Crippen molar-refractivity contribution in [2.24, 2.45) is 11.7 Å². The lowest BCUT2D eigenvalue weighted by Gasteiger charge is -2.37. The SMILES string of the molecule is C[C@@H]1C[C@H](N)CN(c2ccncc2CCc2ccc(F)c(-c3c(F)cc(O[C@@H]4CCOC4)cc3F)n2)C1. The van der Waals surface area contributed by atoms with Gasteiger partial charge < -0.3 is 20.1 Å². The second kappa shape index (κ2) is 11.1. The zero-order valence-electron chi connectivity index (χ0n) is 20.8. The lowest BCUT2D eigenvalue weighted by atomic mass is 9.95. The Morgan fingerprint density at radius 1 is 1.08 bits per heavy atom. The predicted molar refractivity (Wildman–Crippen MR) is 135 cm³/mol. The van der Waals surface area contributed by atoms with Crippen LogP contribution in [0.5, 0.6) is 5.75 Å². The van der Waals surface area contributed by atoms with Gasteiger partial charge in [0.05, 0.1) is 18.8 Å². The Morgan fingerprint density at radius 2 is 1.89 bits per heavy atom. The van der Waals surface area contributed by atoms with Gasteiger partial charge in [-0.05, 0) is 48.9 Å². The summed E-state index contributed by atoms with van der Waals surface area (Å²) in [4.78, 5) is 10.9. The van der Waals surface area contributed by atoms with E-state index in [4.69, 9.17) is 15.2 Å². The summed E-state index contributed by atoms with van der Waals surface area (Å²) in [5, 5.41) is 0. The minimum absolute atomic E-state index is 0.0432. The number of ether oxygens (including phenoxy) is 2. The van der Waals surface area contributed by atoms with Crippen LogP contribution in [-0.2, 0) is 17.6 Å². The molecule has 2 aromatic heterocycles. The third-order valence-corrected chi connectivity index (χ3v) is 6.91. The smallest absolute Gasteiger partial charge is 0.149 e. The molecule has 0 unspecified atom stereocenters. The van der Waals surface area contributed by atoms with Crippen LogP contribution < -0.4 is 15.4 Å². The van der Waals surface area contributed by atoms with Crippen molar-refractivity contribution in [3.63, 3.8) is 0 Å². The number of pyridine rings is 2. The average molecular weight is 513 g/mol. The van der Waals surface area contributed by atoms with Gasteiger partial charge in [-0.1, -0.05) is 6.92 Å². The quantitative estimate of drug-likeness (QED) is 0.495. The van der Waals surface area contributed by atoms with Crippen LogP contribution >= 0.6 is 0 Å². The van der Waals surface area contributed by atoms with Crippen molar-refractivity contribution < 1.29 is 22.6 Å². The van der Waals surface area contributed by atoms with Crippen molar-refractivity contribution in [3.05, 3.63) is 71.4 Å². The van der Waals surface area contributed by atoms with Gasteiger partial charge in [0.1, 0.15) is 35.0 Å². The summed E-state index contributed by atoms with van der Waals surface area (Å²) in [5.74, 6) is -2.12. The minimum atomic E-state index is -0.928. The molecule has 0 aliphatic carbocycles. The van der Waals surface area contributed by atoms with Crippen LogP contribution in [0.2, 0.25) is 0 Å². The molecular formula is C28H31F3N4O2. The van der Waals surface area contributed by atoms with Gasteiger partial charge in [-0.3, -0.25) is 4.98 Å². The first-order chi connectivity index (χ1) is 17.9. The standard InChI is InChI=1S/C28H31F3N4O2/c1-17-10-19(32)15-35(14-17)26-6-8-33-13-18(26)2-3-20-4-5-23(29)28(34-20)27-24(30)11-22(12-25(27)31)37-21-7-9-36-16-21/h4-6,8,11-13,17,19,21H,2-3,7,9-10,14-16,32H2,1H3/t17-,19+,21-/m1/s1. The fourth-order valence-electron chi connectivity index (χ4n) is 5.22. The number of anilines is 1. The highest BCUT2D eigenvalue weighted by Crippen LogP contribution is 2.32. The summed E-state index contributed by atoms with van der Waals surface area (Å²) in [6.45, 7) is 4.78. The number of benzene rings is 1. The van der Waals surface area contributed by atoms with E-state index in [-0.39, 0.29) is 23.6 Å². The Labute approximate surface area is 214 Å². The van der Waals surface area contributed by atoms with E-state index in [0.29, 0.717) is 44.1 Å². The molecule has 0 spiro atoms. The number of hydrogen-bond acceptors (Lipinski definition) is 6. The van der Waals surface area contributed by atoms with Gasteiger partial charge >= 0.3 is 0 Å². The zero-order chi connectivity index (χ0) is 25.9. The minimum Gasteiger partial charge on any atom is -0.488 e. The van der Waals surface area contributed by atoms with E-state index in [9.17, 15) is 13.2 Å². The largest absolute Gasteiger partial charge is 0.488 e. The number of rotatable bonds is 7. The maximum absolute atomic E-state index is 15.0. The number of halogens is 3. The fraction of sp³-hybridized carbons (Fsp3) is 0.429. The highest BCUT2D eigenvalue weighted by atomic mass is 19.1. The van der Waals surface area contributed by atoms with E-state index < -0.39 is 23.0 Å². The van der Waals surface area contributed by atoms with Crippen molar-refractivity contribution in [1.82, 2.24) is 9.97 Å². The van der Waals surface area contributed by atoms with Crippen molar-refractivity contribution >= 4 is 5.69 Å². The van der Waals surface area contributed by atoms with Crippen LogP contribution in [0.4, 0.5) is 18.9 Å². The van der Waals surface area contributed by atoms with Crippen molar-refractivity contribution in [1.29, 1.82) is 0 Å². The van der Waals surface area contributed by atoms with E-state index in [1.807, 2.05) is 12.3 Å². The van der Waals surface area contributed by atoms with Gasteiger partial charge in [0.2, 0.25) is 0 Å². The molecule has 3 aromatic rings. The maximum Gasteiger partial charge on any atom is 0.149 e. The third kappa shape index (κ3) is 5.88. The van der Waals surface area contributed by atoms with Crippen molar-refractivity contribution in [2.45, 2.75) is 44.8 Å². The first kappa shape index (κ1) is 25.5. The topological polar surface area (TPSA) is 73.5 Å². The second-order valence-corrected chi connectivity index (χ2v) is 10.0. The van der Waals surface area contributed by atoms with E-state index in [0.717, 1.165) is 42.9 Å². The molecule has 2 saturated heterocycles. The van der Waals surface area contributed by atoms with Gasteiger partial charge in [-0.15, -0.1) is 0 Å². The molecule has 2 aliphatic heterocycles. The highest BCUT2D eigenvalue weighted by molar-refractivity contribution is 5.63. The van der Waals surface area contributed by atoms with Crippen LogP contribution in [0.1, 0.15) is 31.0 Å². The lowest BCUT2D eigenvalue weighted by Crippen LogP contribution is -2.46. The number of nitrogens with zero attached hydrogens (tertiary/aromatic N) is 3. The number of piperidine rings is 1.